The van der Waals surface area contributed by atoms with E-state index >= 15 is 0 Å². The number of hydrogen-bond donors (Lipinski definition) is 0. The van der Waals surface area contributed by atoms with Crippen molar-refractivity contribution in [3.05, 3.63) is 108 Å². The van der Waals surface area contributed by atoms with Gasteiger partial charge in [-0.15, -0.1) is 5.10 Å². The molecule has 0 fully saturated rings. The number of fused-ring (bicyclic) bond motifs is 4. The number of carbonyl (C=O) groups excluding carboxylic acids is 2. The number of furan rings is 1. The van der Waals surface area contributed by atoms with Crippen molar-refractivity contribution >= 4 is 28.6 Å². The van der Waals surface area contributed by atoms with Crippen molar-refractivity contribution < 1.29 is 14.0 Å². The minimum atomic E-state index is -0.350. The Morgan fingerprint density at radius 1 is 0.750 bits per heavy atom. The Labute approximate surface area is 204 Å². The van der Waals surface area contributed by atoms with Crippen LogP contribution in [0.15, 0.2) is 95.7 Å². The number of rotatable bonds is 4. The van der Waals surface area contributed by atoms with Crippen LogP contribution in [0.1, 0.15) is 26.5 Å². The molecule has 8 nitrogen and oxygen atoms in total. The van der Waals surface area contributed by atoms with Crippen LogP contribution in [0.4, 0.5) is 0 Å². The highest BCUT2D eigenvalue weighted by Gasteiger charge is 2.36. The van der Waals surface area contributed by atoms with Crippen LogP contribution < -0.4 is 0 Å². The Morgan fingerprint density at radius 2 is 1.36 bits per heavy atom. The zero-order chi connectivity index (χ0) is 24.2. The van der Waals surface area contributed by atoms with E-state index in [9.17, 15) is 9.59 Å². The molecule has 0 unspecified atom stereocenters. The molecule has 172 valence electrons. The number of hydrogen-bond acceptors (Lipinski definition) is 6. The molecular weight excluding hydrogens is 454 g/mol. The van der Waals surface area contributed by atoms with Gasteiger partial charge in [-0.1, -0.05) is 72.8 Å². The Hall–Kier alpha value is -5.11. The molecule has 0 bridgehead atoms. The molecule has 0 saturated heterocycles. The Bertz CT molecular complexity index is 1770. The van der Waals surface area contributed by atoms with Crippen molar-refractivity contribution in [2.75, 3.05) is 0 Å². The highest BCUT2D eigenvalue weighted by Crippen LogP contribution is 2.41. The second-order valence-electron chi connectivity index (χ2n) is 8.50. The van der Waals surface area contributed by atoms with Gasteiger partial charge in [-0.3, -0.25) is 14.5 Å². The van der Waals surface area contributed by atoms with Crippen molar-refractivity contribution in [3.63, 3.8) is 0 Å². The van der Waals surface area contributed by atoms with Gasteiger partial charge in [-0.2, -0.15) is 0 Å². The highest BCUT2D eigenvalue weighted by atomic mass is 16.3. The molecule has 0 aliphatic carbocycles. The van der Waals surface area contributed by atoms with Gasteiger partial charge in [0.25, 0.3) is 11.8 Å². The first kappa shape index (κ1) is 20.3. The summed E-state index contributed by atoms with van der Waals surface area (Å²) in [6, 6.07) is 26.5. The maximum atomic E-state index is 12.9. The number of imide groups is 1. The van der Waals surface area contributed by atoms with Gasteiger partial charge in [0.05, 0.1) is 23.1 Å². The molecular formula is C28H17N5O3. The smallest absolute Gasteiger partial charge is 0.261 e. The molecule has 0 radical (unpaired) electrons. The fourth-order valence-electron chi connectivity index (χ4n) is 4.71. The first-order chi connectivity index (χ1) is 17.7. The summed E-state index contributed by atoms with van der Waals surface area (Å²) in [7, 11) is 0. The summed E-state index contributed by atoms with van der Waals surface area (Å²) >= 11 is 0. The number of carbonyl (C=O) groups is 2. The minimum Gasteiger partial charge on any atom is -0.437 e. The fraction of sp³-hybridized carbons (Fsp3) is 0.0357. The lowest BCUT2D eigenvalue weighted by Crippen LogP contribution is -2.29. The van der Waals surface area contributed by atoms with Gasteiger partial charge in [0.2, 0.25) is 5.71 Å². The predicted molar refractivity (Wildman–Crippen MR) is 132 cm³/mol. The maximum Gasteiger partial charge on any atom is 0.261 e. The van der Waals surface area contributed by atoms with E-state index in [0.29, 0.717) is 39.5 Å². The molecule has 7 rings (SSSR count). The molecule has 3 aromatic carbocycles. The van der Waals surface area contributed by atoms with E-state index in [-0.39, 0.29) is 18.4 Å². The van der Waals surface area contributed by atoms with Crippen LogP contribution in [0.2, 0.25) is 0 Å². The standard InChI is InChI=1S/C28H17N5O3/c34-27-19-13-7-8-14-20(19)28(35)32(27)15-21-30-25-23-22(17-9-3-1-4-10-17)24(18-11-5-2-6-12-18)36-26(23)29-16-33(25)31-21/h1-14,16H,15H2. The summed E-state index contributed by atoms with van der Waals surface area (Å²) in [6.45, 7) is -0.0421. The summed E-state index contributed by atoms with van der Waals surface area (Å²) in [5, 5.41) is 5.24. The maximum absolute atomic E-state index is 12.9. The quantitative estimate of drug-likeness (QED) is 0.336. The molecule has 0 saturated carbocycles. The zero-order valence-corrected chi connectivity index (χ0v) is 18.8. The van der Waals surface area contributed by atoms with Crippen LogP contribution in [0.25, 0.3) is 39.2 Å². The lowest BCUT2D eigenvalue weighted by atomic mass is 9.99. The summed E-state index contributed by atoms with van der Waals surface area (Å²) in [5.41, 5.74) is 4.48. The molecule has 1 aliphatic rings. The number of benzene rings is 3. The summed E-state index contributed by atoms with van der Waals surface area (Å²) in [4.78, 5) is 36.1. The van der Waals surface area contributed by atoms with Crippen LogP contribution >= 0.6 is 0 Å². The van der Waals surface area contributed by atoms with E-state index in [1.807, 2.05) is 60.7 Å². The van der Waals surface area contributed by atoms with Crippen molar-refractivity contribution in [1.82, 2.24) is 24.5 Å². The molecule has 0 atom stereocenters. The van der Waals surface area contributed by atoms with Gasteiger partial charge in [-0.05, 0) is 17.7 Å². The molecule has 0 N–H and O–H groups in total. The topological polar surface area (TPSA) is 93.6 Å². The average molecular weight is 471 g/mol. The van der Waals surface area contributed by atoms with Gasteiger partial charge in [0.15, 0.2) is 11.5 Å². The van der Waals surface area contributed by atoms with E-state index in [2.05, 4.69) is 10.1 Å². The lowest BCUT2D eigenvalue weighted by Gasteiger charge is -2.10. The number of amides is 2. The SMILES string of the molecule is O=C1c2ccccc2C(=O)N1Cc1nc2c3c(-c4ccccc4)c(-c4ccccc4)oc3ncn2n1. The molecule has 36 heavy (non-hydrogen) atoms. The van der Waals surface area contributed by atoms with E-state index in [1.165, 1.54) is 11.2 Å². The molecule has 6 aromatic rings. The second kappa shape index (κ2) is 7.71. The third-order valence-electron chi connectivity index (χ3n) is 6.35. The van der Waals surface area contributed by atoms with Gasteiger partial charge in [0, 0.05) is 11.1 Å². The first-order valence-corrected chi connectivity index (χ1v) is 11.4. The molecule has 3 aromatic heterocycles. The normalized spacial score (nSPS) is 13.2. The Kier molecular flexibility index (Phi) is 4.34. The number of nitrogens with zero attached hydrogens (tertiary/aromatic N) is 5. The van der Waals surface area contributed by atoms with E-state index in [1.54, 1.807) is 28.8 Å². The second-order valence-corrected chi connectivity index (χ2v) is 8.50. The summed E-state index contributed by atoms with van der Waals surface area (Å²) < 4.78 is 7.82. The number of aromatic nitrogens is 4. The van der Waals surface area contributed by atoms with Crippen molar-refractivity contribution in [2.45, 2.75) is 6.54 Å². The van der Waals surface area contributed by atoms with Crippen LogP contribution in [0, 0.1) is 0 Å². The predicted octanol–water partition coefficient (Wildman–Crippen LogP) is 5.00. The van der Waals surface area contributed by atoms with Gasteiger partial charge >= 0.3 is 0 Å². The fourth-order valence-corrected chi connectivity index (χ4v) is 4.71. The Balaban J connectivity index is 1.39. The molecule has 1 aliphatic heterocycles. The third kappa shape index (κ3) is 2.98. The first-order valence-electron chi connectivity index (χ1n) is 11.4. The van der Waals surface area contributed by atoms with Crippen LogP contribution in [-0.4, -0.2) is 36.3 Å². The molecule has 2 amide bonds. The average Bonchev–Trinajstić information content (AvgIpc) is 3.59. The minimum absolute atomic E-state index is 0.0421. The van der Waals surface area contributed by atoms with E-state index in [4.69, 9.17) is 9.40 Å². The van der Waals surface area contributed by atoms with E-state index < -0.39 is 0 Å². The van der Waals surface area contributed by atoms with Crippen LogP contribution in [-0.2, 0) is 6.54 Å². The van der Waals surface area contributed by atoms with Gasteiger partial charge in [0.1, 0.15) is 12.1 Å². The van der Waals surface area contributed by atoms with Gasteiger partial charge < -0.3 is 4.42 Å². The molecule has 0 spiro atoms. The summed E-state index contributed by atoms with van der Waals surface area (Å²) in [6.07, 6.45) is 1.53. The van der Waals surface area contributed by atoms with E-state index in [0.717, 1.165) is 16.7 Å². The highest BCUT2D eigenvalue weighted by molar-refractivity contribution is 6.21. The van der Waals surface area contributed by atoms with Crippen molar-refractivity contribution in [3.8, 4) is 22.5 Å². The monoisotopic (exact) mass is 471 g/mol. The van der Waals surface area contributed by atoms with Crippen molar-refractivity contribution in [2.24, 2.45) is 0 Å². The molecule has 8 heteroatoms. The van der Waals surface area contributed by atoms with Crippen LogP contribution in [0.5, 0.6) is 0 Å². The third-order valence-corrected chi connectivity index (χ3v) is 6.35. The van der Waals surface area contributed by atoms with Crippen LogP contribution in [0.3, 0.4) is 0 Å². The summed E-state index contributed by atoms with van der Waals surface area (Å²) in [5.74, 6) is 0.317. The Morgan fingerprint density at radius 3 is 2.03 bits per heavy atom. The zero-order valence-electron chi connectivity index (χ0n) is 18.8. The van der Waals surface area contributed by atoms with Gasteiger partial charge in [-0.25, -0.2) is 14.5 Å². The largest absolute Gasteiger partial charge is 0.437 e. The van der Waals surface area contributed by atoms with Crippen molar-refractivity contribution in [1.29, 1.82) is 0 Å². The lowest BCUT2D eigenvalue weighted by molar-refractivity contribution is 0.0638. The molecule has 4 heterocycles.